The van der Waals surface area contributed by atoms with E-state index < -0.39 is 29.2 Å². The van der Waals surface area contributed by atoms with Crippen LogP contribution < -0.4 is 9.84 Å². The molecular formula is C25H17ClF4NO3-. The van der Waals surface area contributed by atoms with Gasteiger partial charge >= 0.3 is 6.18 Å². The Bertz CT molecular complexity index is 1290. The summed E-state index contributed by atoms with van der Waals surface area (Å²) in [5.41, 5.74) is -0.0497. The minimum absolute atomic E-state index is 0.0689. The van der Waals surface area contributed by atoms with Crippen LogP contribution in [0.5, 0.6) is 5.75 Å². The van der Waals surface area contributed by atoms with Crippen LogP contribution >= 0.6 is 11.6 Å². The molecule has 1 aliphatic rings. The molecule has 176 valence electrons. The lowest BCUT2D eigenvalue weighted by molar-refractivity contribution is -0.255. The average Bonchev–Trinajstić information content (AvgIpc) is 3.28. The summed E-state index contributed by atoms with van der Waals surface area (Å²) in [4.78, 5) is 15.2. The maximum Gasteiger partial charge on any atom is 0.416 e. The summed E-state index contributed by atoms with van der Waals surface area (Å²) in [7, 11) is 0. The number of nitrogens with zero attached hydrogens (tertiary/aromatic N) is 1. The van der Waals surface area contributed by atoms with Crippen LogP contribution in [0.15, 0.2) is 54.6 Å². The van der Waals surface area contributed by atoms with Crippen molar-refractivity contribution in [2.45, 2.75) is 32.0 Å². The van der Waals surface area contributed by atoms with E-state index in [2.05, 4.69) is 4.98 Å². The van der Waals surface area contributed by atoms with E-state index >= 15 is 0 Å². The molecule has 0 bridgehead atoms. The van der Waals surface area contributed by atoms with Gasteiger partial charge in [0.1, 0.15) is 18.2 Å². The van der Waals surface area contributed by atoms with Gasteiger partial charge in [-0.05, 0) is 66.8 Å². The normalized spacial score (nSPS) is 13.9. The molecule has 1 heterocycles. The number of alkyl halides is 3. The number of carbonyl (C=O) groups is 1. The predicted octanol–water partition coefficient (Wildman–Crippen LogP) is 5.93. The van der Waals surface area contributed by atoms with Gasteiger partial charge in [-0.3, -0.25) is 0 Å². The Morgan fingerprint density at radius 2 is 1.79 bits per heavy atom. The summed E-state index contributed by atoms with van der Waals surface area (Å²) in [6.45, 7) is -0.0689. The largest absolute Gasteiger partial charge is 0.543 e. The number of hydrogen-bond acceptors (Lipinski definition) is 4. The zero-order valence-electron chi connectivity index (χ0n) is 17.6. The first-order valence-corrected chi connectivity index (χ1v) is 10.7. The fourth-order valence-corrected chi connectivity index (χ4v) is 4.08. The average molecular weight is 491 g/mol. The standard InChI is InChI=1S/C25H18ClF4NO3/c26-16-8-9-23(34-13-14-4-1-2-7-20(14)27)19(12-16)17-5-3-6-18(17)21-10-15(25(28,29)30)11-22(31-21)24(32)33/h1-2,4,7-12H,3,5-6,13H2,(H,32,33)/p-1. The molecule has 34 heavy (non-hydrogen) atoms. The van der Waals surface area contributed by atoms with Crippen molar-refractivity contribution in [3.63, 3.8) is 0 Å². The first-order valence-electron chi connectivity index (χ1n) is 10.3. The lowest BCUT2D eigenvalue weighted by Crippen LogP contribution is -2.25. The summed E-state index contributed by atoms with van der Waals surface area (Å²) in [5.74, 6) is -1.86. The van der Waals surface area contributed by atoms with Crippen LogP contribution in [-0.2, 0) is 12.8 Å². The van der Waals surface area contributed by atoms with Gasteiger partial charge in [0.15, 0.2) is 0 Å². The number of allylic oxidation sites excluding steroid dienone is 2. The zero-order valence-corrected chi connectivity index (χ0v) is 18.3. The second kappa shape index (κ2) is 9.46. The number of carboxylic acids is 1. The molecule has 0 spiro atoms. The van der Waals surface area contributed by atoms with Crippen LogP contribution in [0.1, 0.15) is 52.1 Å². The van der Waals surface area contributed by atoms with Gasteiger partial charge in [0.25, 0.3) is 0 Å². The lowest BCUT2D eigenvalue weighted by Gasteiger charge is -2.16. The molecule has 0 saturated heterocycles. The fraction of sp³-hybridized carbons (Fsp3) is 0.200. The van der Waals surface area contributed by atoms with Gasteiger partial charge in [-0.15, -0.1) is 0 Å². The topological polar surface area (TPSA) is 62.2 Å². The van der Waals surface area contributed by atoms with E-state index in [1.165, 1.54) is 6.07 Å². The van der Waals surface area contributed by atoms with Gasteiger partial charge in [0.2, 0.25) is 0 Å². The fourth-order valence-electron chi connectivity index (χ4n) is 3.91. The van der Waals surface area contributed by atoms with Crippen LogP contribution in [0.4, 0.5) is 17.6 Å². The van der Waals surface area contributed by atoms with Gasteiger partial charge in [0, 0.05) is 16.1 Å². The number of halogens is 5. The molecule has 4 nitrogen and oxygen atoms in total. The number of rotatable bonds is 6. The van der Waals surface area contributed by atoms with Crippen molar-refractivity contribution in [2.75, 3.05) is 0 Å². The summed E-state index contributed by atoms with van der Waals surface area (Å²) < 4.78 is 60.1. The maximum absolute atomic E-state index is 14.0. The van der Waals surface area contributed by atoms with Gasteiger partial charge in [0.05, 0.1) is 22.9 Å². The van der Waals surface area contributed by atoms with Gasteiger partial charge in [-0.1, -0.05) is 29.8 Å². The molecule has 9 heteroatoms. The Kier molecular flexibility index (Phi) is 6.61. The summed E-state index contributed by atoms with van der Waals surface area (Å²) in [6, 6.07) is 12.2. The molecule has 2 aromatic carbocycles. The first-order chi connectivity index (χ1) is 16.1. The molecule has 0 aliphatic heterocycles. The van der Waals surface area contributed by atoms with E-state index in [0.29, 0.717) is 58.4 Å². The number of carbonyl (C=O) groups excluding carboxylic acids is 1. The van der Waals surface area contributed by atoms with Gasteiger partial charge < -0.3 is 14.6 Å². The van der Waals surface area contributed by atoms with Crippen LogP contribution in [0.2, 0.25) is 5.02 Å². The quantitative estimate of drug-likeness (QED) is 0.402. The van der Waals surface area contributed by atoms with Crippen molar-refractivity contribution < 1.29 is 32.2 Å². The van der Waals surface area contributed by atoms with Crippen molar-refractivity contribution in [1.82, 2.24) is 4.98 Å². The Morgan fingerprint density at radius 1 is 1.06 bits per heavy atom. The SMILES string of the molecule is O=C([O-])c1cc(C(F)(F)F)cc(C2=C(c3cc(Cl)ccc3OCc3ccccc3F)CCC2)n1. The van der Waals surface area contributed by atoms with Crippen molar-refractivity contribution >= 4 is 28.7 Å². The second-order valence-corrected chi connectivity index (χ2v) is 8.18. The molecule has 0 N–H and O–H groups in total. The third-order valence-electron chi connectivity index (χ3n) is 5.50. The number of hydrogen-bond donors (Lipinski definition) is 0. The van der Waals surface area contributed by atoms with E-state index in [9.17, 15) is 27.5 Å². The van der Waals surface area contributed by atoms with Crippen LogP contribution in [-0.4, -0.2) is 11.0 Å². The van der Waals surface area contributed by atoms with Gasteiger partial charge in [-0.25, -0.2) is 9.37 Å². The number of benzene rings is 2. The minimum atomic E-state index is -4.76. The number of ether oxygens (including phenoxy) is 1. The Hall–Kier alpha value is -3.39. The van der Waals surface area contributed by atoms with Crippen LogP contribution in [0.3, 0.4) is 0 Å². The smallest absolute Gasteiger partial charge is 0.416 e. The Labute approximate surface area is 197 Å². The molecule has 1 aromatic heterocycles. The monoisotopic (exact) mass is 490 g/mol. The molecule has 0 amide bonds. The Morgan fingerprint density at radius 3 is 2.50 bits per heavy atom. The number of carboxylic acid groups (broad SMARTS) is 1. The molecule has 4 rings (SSSR count). The van der Waals surface area contributed by atoms with E-state index in [0.717, 1.165) is 6.07 Å². The molecule has 3 aromatic rings. The minimum Gasteiger partial charge on any atom is -0.543 e. The third kappa shape index (κ3) is 5.07. The summed E-state index contributed by atoms with van der Waals surface area (Å²) >= 11 is 6.19. The van der Waals surface area contributed by atoms with Crippen molar-refractivity contribution in [2.24, 2.45) is 0 Å². The molecule has 0 saturated carbocycles. The zero-order chi connectivity index (χ0) is 24.5. The highest BCUT2D eigenvalue weighted by molar-refractivity contribution is 6.30. The number of pyridine rings is 1. The third-order valence-corrected chi connectivity index (χ3v) is 5.73. The van der Waals surface area contributed by atoms with Gasteiger partial charge in [-0.2, -0.15) is 13.2 Å². The highest BCUT2D eigenvalue weighted by Crippen LogP contribution is 2.44. The first kappa shape index (κ1) is 23.8. The Balaban J connectivity index is 1.79. The lowest BCUT2D eigenvalue weighted by atomic mass is 9.98. The van der Waals surface area contributed by atoms with E-state index in [-0.39, 0.29) is 12.3 Å². The highest BCUT2D eigenvalue weighted by Gasteiger charge is 2.33. The molecule has 0 radical (unpaired) electrons. The van der Waals surface area contributed by atoms with Crippen LogP contribution in [0.25, 0.3) is 11.1 Å². The van der Waals surface area contributed by atoms with Crippen molar-refractivity contribution in [3.05, 3.63) is 93.5 Å². The number of aromatic nitrogens is 1. The molecule has 0 fully saturated rings. The molecule has 0 unspecified atom stereocenters. The second-order valence-electron chi connectivity index (χ2n) is 7.74. The summed E-state index contributed by atoms with van der Waals surface area (Å²) in [6.07, 6.45) is -3.27. The molecule has 1 aliphatic carbocycles. The van der Waals surface area contributed by atoms with Crippen molar-refractivity contribution in [3.8, 4) is 5.75 Å². The van der Waals surface area contributed by atoms with Crippen molar-refractivity contribution in [1.29, 1.82) is 0 Å². The predicted molar refractivity (Wildman–Crippen MR) is 116 cm³/mol. The number of aromatic carboxylic acids is 1. The van der Waals surface area contributed by atoms with E-state index in [1.54, 1.807) is 36.4 Å². The van der Waals surface area contributed by atoms with Crippen LogP contribution in [0, 0.1) is 5.82 Å². The maximum atomic E-state index is 14.0. The van der Waals surface area contributed by atoms with E-state index in [1.807, 2.05) is 0 Å². The molecule has 0 atom stereocenters. The summed E-state index contributed by atoms with van der Waals surface area (Å²) in [5, 5.41) is 11.7. The highest BCUT2D eigenvalue weighted by atomic mass is 35.5. The molecular weight excluding hydrogens is 474 g/mol. The van der Waals surface area contributed by atoms with E-state index in [4.69, 9.17) is 16.3 Å².